The van der Waals surface area contributed by atoms with Crippen molar-refractivity contribution in [2.75, 3.05) is 11.9 Å². The first-order valence-corrected chi connectivity index (χ1v) is 14.2. The molecule has 0 unspecified atom stereocenters. The van der Waals surface area contributed by atoms with E-state index in [1.54, 1.807) is 6.92 Å². The Balaban J connectivity index is 1.38. The third-order valence-corrected chi connectivity index (χ3v) is 8.04. The van der Waals surface area contributed by atoms with Crippen LogP contribution in [0, 0.1) is 11.8 Å². The van der Waals surface area contributed by atoms with Crippen molar-refractivity contribution in [3.05, 3.63) is 41.9 Å². The summed E-state index contributed by atoms with van der Waals surface area (Å²) in [5.74, 6) is 0.865. The van der Waals surface area contributed by atoms with Crippen LogP contribution in [-0.4, -0.2) is 34.1 Å². The summed E-state index contributed by atoms with van der Waals surface area (Å²) in [6, 6.07) is 5.46. The molecule has 8 nitrogen and oxygen atoms in total. The molecule has 38 heavy (non-hydrogen) atoms. The van der Waals surface area contributed by atoms with Crippen molar-refractivity contribution in [2.24, 2.45) is 11.8 Å². The van der Waals surface area contributed by atoms with Crippen molar-refractivity contribution in [3.8, 4) is 0 Å². The second-order valence-electron chi connectivity index (χ2n) is 10.7. The Morgan fingerprint density at radius 2 is 1.55 bits per heavy atom. The monoisotopic (exact) mass is 518 g/mol. The summed E-state index contributed by atoms with van der Waals surface area (Å²) in [5.41, 5.74) is 3.73. The molecule has 0 saturated heterocycles. The fraction of sp³-hybridized carbons (Fsp3) is 0.533. The maximum Gasteiger partial charge on any atom is 0.420 e. The van der Waals surface area contributed by atoms with Gasteiger partial charge in [-0.1, -0.05) is 44.6 Å². The highest BCUT2D eigenvalue weighted by atomic mass is 16.5. The molecule has 3 aliphatic carbocycles. The molecule has 0 atom stereocenters. The first kappa shape index (κ1) is 26.2. The topological polar surface area (TPSA) is 102 Å². The number of allylic oxidation sites excluding steroid dienone is 4. The van der Waals surface area contributed by atoms with Crippen LogP contribution in [0.1, 0.15) is 89.8 Å². The third kappa shape index (κ3) is 5.84. The molecule has 3 aliphatic rings. The number of carbonyl (C=O) groups is 3. The largest absolute Gasteiger partial charge is 0.449 e. The van der Waals surface area contributed by atoms with Crippen LogP contribution in [0.2, 0.25) is 0 Å². The maximum absolute atomic E-state index is 13.0. The highest BCUT2D eigenvalue weighted by molar-refractivity contribution is 5.97. The van der Waals surface area contributed by atoms with E-state index in [2.05, 4.69) is 10.6 Å². The summed E-state index contributed by atoms with van der Waals surface area (Å²) in [6.07, 6.45) is 15.3. The van der Waals surface area contributed by atoms with Gasteiger partial charge in [-0.25, -0.2) is 14.3 Å². The molecule has 0 spiro atoms. The van der Waals surface area contributed by atoms with Crippen LogP contribution in [0.5, 0.6) is 0 Å². The molecule has 1 aromatic heterocycles. The van der Waals surface area contributed by atoms with Crippen LogP contribution in [-0.2, 0) is 14.3 Å². The average Bonchev–Trinajstić information content (AvgIpc) is 3.33. The summed E-state index contributed by atoms with van der Waals surface area (Å²) < 4.78 is 6.87. The molecule has 1 heterocycles. The minimum atomic E-state index is -0.481. The fourth-order valence-electron chi connectivity index (χ4n) is 5.91. The van der Waals surface area contributed by atoms with Crippen LogP contribution in [0.4, 0.5) is 10.5 Å². The number of ether oxygens (including phenoxy) is 1. The number of rotatable bonds is 6. The summed E-state index contributed by atoms with van der Waals surface area (Å²) in [6.45, 7) is 2.03. The molecule has 0 aliphatic heterocycles. The molecule has 0 radical (unpaired) electrons. The van der Waals surface area contributed by atoms with E-state index >= 15 is 0 Å². The standard InChI is InChI=1S/C30H38N4O4/c1-2-38-30(37)34-26-18-17-24(32-29(36)22-11-7-4-8-12-22)19-25(26)33-27(34)20-13-15-23(16-14-20)31-28(35)21-9-5-3-6-10-21/h13,15,17-19,21-22H,2-12,14,16H2,1H3,(H,31,35)(H,32,36). The number of hydrogen-bond acceptors (Lipinski definition) is 5. The molecule has 2 aromatic rings. The lowest BCUT2D eigenvalue weighted by atomic mass is 9.88. The second kappa shape index (κ2) is 12.0. The van der Waals surface area contributed by atoms with Crippen LogP contribution in [0.3, 0.4) is 0 Å². The van der Waals surface area contributed by atoms with Crippen molar-refractivity contribution >= 4 is 40.2 Å². The fourth-order valence-corrected chi connectivity index (χ4v) is 5.91. The van der Waals surface area contributed by atoms with Crippen molar-refractivity contribution in [1.82, 2.24) is 14.9 Å². The van der Waals surface area contributed by atoms with Gasteiger partial charge in [-0.3, -0.25) is 9.59 Å². The zero-order valence-corrected chi connectivity index (χ0v) is 22.3. The predicted octanol–water partition coefficient (Wildman–Crippen LogP) is 6.32. The van der Waals surface area contributed by atoms with E-state index in [-0.39, 0.29) is 30.3 Å². The summed E-state index contributed by atoms with van der Waals surface area (Å²) >= 11 is 0. The van der Waals surface area contributed by atoms with E-state index in [9.17, 15) is 14.4 Å². The van der Waals surface area contributed by atoms with Crippen molar-refractivity contribution in [1.29, 1.82) is 0 Å². The van der Waals surface area contributed by atoms with Gasteiger partial charge in [-0.2, -0.15) is 0 Å². The highest BCUT2D eigenvalue weighted by Gasteiger charge is 2.25. The number of benzene rings is 1. The smallest absolute Gasteiger partial charge is 0.420 e. The van der Waals surface area contributed by atoms with Gasteiger partial charge in [0.2, 0.25) is 11.8 Å². The van der Waals surface area contributed by atoms with E-state index in [0.717, 1.165) is 62.6 Å². The molecule has 202 valence electrons. The van der Waals surface area contributed by atoms with Gasteiger partial charge < -0.3 is 15.4 Å². The molecular weight excluding hydrogens is 480 g/mol. The van der Waals surface area contributed by atoms with Crippen molar-refractivity contribution in [2.45, 2.75) is 84.0 Å². The van der Waals surface area contributed by atoms with E-state index in [4.69, 9.17) is 9.72 Å². The first-order valence-electron chi connectivity index (χ1n) is 14.2. The second-order valence-corrected chi connectivity index (χ2v) is 10.7. The zero-order chi connectivity index (χ0) is 26.5. The normalized spacial score (nSPS) is 19.0. The predicted molar refractivity (Wildman–Crippen MR) is 147 cm³/mol. The van der Waals surface area contributed by atoms with Crippen LogP contribution < -0.4 is 10.6 Å². The molecule has 2 amide bonds. The van der Waals surface area contributed by atoms with Gasteiger partial charge >= 0.3 is 6.09 Å². The Kier molecular flexibility index (Phi) is 8.25. The van der Waals surface area contributed by atoms with Gasteiger partial charge in [0, 0.05) is 23.2 Å². The zero-order valence-electron chi connectivity index (χ0n) is 22.3. The molecule has 0 bridgehead atoms. The lowest BCUT2D eigenvalue weighted by molar-refractivity contribution is -0.125. The minimum absolute atomic E-state index is 0.0528. The number of amides is 2. The average molecular weight is 519 g/mol. The van der Waals surface area contributed by atoms with Gasteiger partial charge in [0.15, 0.2) is 0 Å². The lowest BCUT2D eigenvalue weighted by Gasteiger charge is -2.22. The van der Waals surface area contributed by atoms with E-state index in [1.165, 1.54) is 17.4 Å². The first-order chi connectivity index (χ1) is 18.5. The van der Waals surface area contributed by atoms with E-state index in [1.807, 2.05) is 30.4 Å². The molecular formula is C30H38N4O4. The van der Waals surface area contributed by atoms with Gasteiger partial charge in [-0.05, 0) is 75.3 Å². The van der Waals surface area contributed by atoms with Gasteiger partial charge in [-0.15, -0.1) is 0 Å². The Morgan fingerprint density at radius 1 is 0.895 bits per heavy atom. The SMILES string of the molecule is CCOC(=O)n1c(C2=CC=C(NC(=O)C3CCCCC3)CC2)nc2cc(NC(=O)C3CCCCC3)ccc21. The van der Waals surface area contributed by atoms with E-state index < -0.39 is 6.09 Å². The molecule has 5 rings (SSSR count). The van der Waals surface area contributed by atoms with Crippen molar-refractivity contribution < 1.29 is 19.1 Å². The number of fused-ring (bicyclic) bond motifs is 1. The van der Waals surface area contributed by atoms with Crippen molar-refractivity contribution in [3.63, 3.8) is 0 Å². The molecule has 2 saturated carbocycles. The summed E-state index contributed by atoms with van der Waals surface area (Å²) in [5, 5.41) is 6.16. The van der Waals surface area contributed by atoms with Crippen LogP contribution in [0.15, 0.2) is 36.0 Å². The Labute approximate surface area is 223 Å². The maximum atomic E-state index is 13.0. The molecule has 8 heteroatoms. The molecule has 2 fully saturated rings. The molecule has 1 aromatic carbocycles. The number of nitrogens with zero attached hydrogens (tertiary/aromatic N) is 2. The number of hydrogen-bond donors (Lipinski definition) is 2. The number of nitrogens with one attached hydrogen (secondary N) is 2. The number of carbonyl (C=O) groups excluding carboxylic acids is 3. The Bertz CT molecular complexity index is 1260. The summed E-state index contributed by atoms with van der Waals surface area (Å²) in [4.78, 5) is 43.2. The number of aromatic nitrogens is 2. The third-order valence-electron chi connectivity index (χ3n) is 8.04. The quantitative estimate of drug-likeness (QED) is 0.466. The van der Waals surface area contributed by atoms with Gasteiger partial charge in [0.05, 0.1) is 17.6 Å². The molecule has 2 N–H and O–H groups in total. The Hall–Kier alpha value is -3.42. The highest BCUT2D eigenvalue weighted by Crippen LogP contribution is 2.31. The van der Waals surface area contributed by atoms with Gasteiger partial charge in [0.25, 0.3) is 0 Å². The van der Waals surface area contributed by atoms with Crippen LogP contribution >= 0.6 is 0 Å². The minimum Gasteiger partial charge on any atom is -0.449 e. The van der Waals surface area contributed by atoms with E-state index in [0.29, 0.717) is 35.4 Å². The summed E-state index contributed by atoms with van der Waals surface area (Å²) in [7, 11) is 0. The number of anilines is 1. The Morgan fingerprint density at radius 3 is 2.16 bits per heavy atom. The number of imidazole rings is 1. The van der Waals surface area contributed by atoms with Gasteiger partial charge in [0.1, 0.15) is 5.82 Å². The lowest BCUT2D eigenvalue weighted by Crippen LogP contribution is -2.31. The van der Waals surface area contributed by atoms with Crippen LogP contribution in [0.25, 0.3) is 16.6 Å².